The minimum atomic E-state index is -0.521. The average Bonchev–Trinajstić information content (AvgIpc) is 3.52. The molecule has 1 unspecified atom stereocenters. The summed E-state index contributed by atoms with van der Waals surface area (Å²) in [7, 11) is 0. The first kappa shape index (κ1) is 21.8. The molecule has 2 aliphatic heterocycles. The van der Waals surface area contributed by atoms with Crippen molar-refractivity contribution in [3.63, 3.8) is 0 Å². The van der Waals surface area contributed by atoms with Crippen LogP contribution in [0.3, 0.4) is 0 Å². The van der Waals surface area contributed by atoms with Crippen LogP contribution in [-0.2, 0) is 9.47 Å². The summed E-state index contributed by atoms with van der Waals surface area (Å²) in [6.45, 7) is 7.93. The number of hydrogen-bond acceptors (Lipinski definition) is 7. The monoisotopic (exact) mass is 457 g/mol. The van der Waals surface area contributed by atoms with E-state index in [2.05, 4.69) is 15.2 Å². The Morgan fingerprint density at radius 2 is 2.00 bits per heavy atom. The van der Waals surface area contributed by atoms with E-state index in [9.17, 15) is 9.18 Å². The van der Waals surface area contributed by atoms with Gasteiger partial charge in [-0.15, -0.1) is 0 Å². The van der Waals surface area contributed by atoms with Gasteiger partial charge in [0, 0.05) is 31.2 Å². The van der Waals surface area contributed by atoms with Crippen LogP contribution in [0.25, 0.3) is 22.4 Å². The van der Waals surface area contributed by atoms with Gasteiger partial charge in [-0.3, -0.25) is 4.68 Å². The average molecular weight is 458 g/mol. The Labute approximate surface area is 190 Å². The number of fused-ring (bicyclic) bond motifs is 1. The van der Waals surface area contributed by atoms with E-state index in [0.29, 0.717) is 61.4 Å². The van der Waals surface area contributed by atoms with Gasteiger partial charge in [-0.25, -0.2) is 9.18 Å². The number of halogens is 1. The van der Waals surface area contributed by atoms with Crippen LogP contribution in [0.4, 0.5) is 9.18 Å². The fourth-order valence-corrected chi connectivity index (χ4v) is 4.40. The molecule has 9 nitrogen and oxygen atoms in total. The molecule has 2 saturated heterocycles. The van der Waals surface area contributed by atoms with E-state index in [1.165, 1.54) is 6.07 Å². The van der Waals surface area contributed by atoms with Gasteiger partial charge in [-0.1, -0.05) is 5.16 Å². The first-order chi connectivity index (χ1) is 15.8. The number of rotatable bonds is 3. The lowest BCUT2D eigenvalue weighted by molar-refractivity contribution is 0.0203. The molecule has 4 heterocycles. The molecular weight excluding hydrogens is 429 g/mol. The lowest BCUT2D eigenvalue weighted by atomic mass is 9.96. The van der Waals surface area contributed by atoms with Crippen molar-refractivity contribution in [2.45, 2.75) is 57.6 Å². The van der Waals surface area contributed by atoms with Gasteiger partial charge < -0.3 is 18.9 Å². The number of hydrogen-bond donors (Lipinski definition) is 0. The van der Waals surface area contributed by atoms with Crippen molar-refractivity contribution in [1.82, 2.24) is 24.8 Å². The van der Waals surface area contributed by atoms with Gasteiger partial charge >= 0.3 is 6.09 Å². The molecule has 0 bridgehead atoms. The number of piperidine rings is 1. The molecule has 5 rings (SSSR count). The Hall–Kier alpha value is -3.01. The number of amides is 1. The van der Waals surface area contributed by atoms with Crippen LogP contribution in [-0.4, -0.2) is 62.8 Å². The van der Waals surface area contributed by atoms with Crippen LogP contribution < -0.4 is 0 Å². The van der Waals surface area contributed by atoms with Crippen molar-refractivity contribution in [3.05, 3.63) is 30.0 Å². The third-order valence-electron chi connectivity index (χ3n) is 6.12. The van der Waals surface area contributed by atoms with Crippen LogP contribution in [0.1, 0.15) is 57.8 Å². The number of carbonyl (C=O) groups excluding carboxylic acids is 1. The third-order valence-corrected chi connectivity index (χ3v) is 6.12. The fourth-order valence-electron chi connectivity index (χ4n) is 4.40. The van der Waals surface area contributed by atoms with E-state index < -0.39 is 5.60 Å². The highest BCUT2D eigenvalue weighted by molar-refractivity contribution is 5.83. The molecule has 0 saturated carbocycles. The van der Waals surface area contributed by atoms with E-state index >= 15 is 0 Å². The predicted octanol–water partition coefficient (Wildman–Crippen LogP) is 4.30. The molecule has 0 aliphatic carbocycles. The standard InChI is InChI=1S/C23H28FN5O4/c1-23(2,3)32-22(30)28-7-4-14(5-8-28)20-26-21(33-27-20)15-10-18(24)17-12-25-29(19(17)11-15)16-6-9-31-13-16/h10-12,14,16H,4-9,13H2,1-3H3. The molecule has 3 aromatic rings. The second-order valence-corrected chi connectivity index (χ2v) is 9.70. The molecule has 1 amide bonds. The molecule has 0 N–H and O–H groups in total. The number of nitrogens with zero attached hydrogens (tertiary/aromatic N) is 5. The first-order valence-corrected chi connectivity index (χ1v) is 11.3. The molecule has 2 aromatic heterocycles. The Morgan fingerprint density at radius 1 is 1.21 bits per heavy atom. The highest BCUT2D eigenvalue weighted by atomic mass is 19.1. The first-order valence-electron chi connectivity index (χ1n) is 11.3. The third kappa shape index (κ3) is 4.44. The van der Waals surface area contributed by atoms with Crippen LogP contribution in [0, 0.1) is 5.82 Å². The van der Waals surface area contributed by atoms with Gasteiger partial charge in [-0.2, -0.15) is 10.1 Å². The van der Waals surface area contributed by atoms with Crippen molar-refractivity contribution >= 4 is 17.0 Å². The summed E-state index contributed by atoms with van der Waals surface area (Å²) in [4.78, 5) is 18.6. The zero-order valence-electron chi connectivity index (χ0n) is 19.1. The number of carbonyl (C=O) groups is 1. The number of likely N-dealkylation sites (tertiary alicyclic amines) is 1. The maximum absolute atomic E-state index is 14.8. The van der Waals surface area contributed by atoms with E-state index in [4.69, 9.17) is 14.0 Å². The van der Waals surface area contributed by atoms with Crippen LogP contribution >= 0.6 is 0 Å². The minimum Gasteiger partial charge on any atom is -0.444 e. The largest absolute Gasteiger partial charge is 0.444 e. The van der Waals surface area contributed by atoms with Gasteiger partial charge in [0.05, 0.1) is 29.7 Å². The maximum Gasteiger partial charge on any atom is 0.410 e. The van der Waals surface area contributed by atoms with Crippen LogP contribution in [0.15, 0.2) is 22.9 Å². The van der Waals surface area contributed by atoms with Crippen LogP contribution in [0.2, 0.25) is 0 Å². The molecule has 10 heteroatoms. The van der Waals surface area contributed by atoms with Crippen molar-refractivity contribution in [1.29, 1.82) is 0 Å². The van der Waals surface area contributed by atoms with Crippen molar-refractivity contribution < 1.29 is 23.2 Å². The highest BCUT2D eigenvalue weighted by Crippen LogP contribution is 2.32. The smallest absolute Gasteiger partial charge is 0.410 e. The number of ether oxygens (including phenoxy) is 2. The zero-order valence-corrected chi connectivity index (χ0v) is 19.1. The Balaban J connectivity index is 1.32. The fraction of sp³-hybridized carbons (Fsp3) is 0.565. The lowest BCUT2D eigenvalue weighted by Crippen LogP contribution is -2.41. The Morgan fingerprint density at radius 3 is 2.70 bits per heavy atom. The van der Waals surface area contributed by atoms with Gasteiger partial charge in [0.1, 0.15) is 11.4 Å². The zero-order chi connectivity index (χ0) is 23.2. The lowest BCUT2D eigenvalue weighted by Gasteiger charge is -2.32. The summed E-state index contributed by atoms with van der Waals surface area (Å²) < 4.78 is 33.0. The van der Waals surface area contributed by atoms with E-state index in [1.807, 2.05) is 31.5 Å². The summed E-state index contributed by atoms with van der Waals surface area (Å²) in [6.07, 6.45) is 3.50. The summed E-state index contributed by atoms with van der Waals surface area (Å²) >= 11 is 0. The summed E-state index contributed by atoms with van der Waals surface area (Å²) in [5.41, 5.74) is 0.684. The van der Waals surface area contributed by atoms with E-state index in [0.717, 1.165) is 6.42 Å². The summed E-state index contributed by atoms with van der Waals surface area (Å²) in [5.74, 6) is 0.539. The predicted molar refractivity (Wildman–Crippen MR) is 117 cm³/mol. The van der Waals surface area contributed by atoms with Crippen molar-refractivity contribution in [3.8, 4) is 11.5 Å². The molecule has 2 aliphatic rings. The number of benzene rings is 1. The molecule has 0 radical (unpaired) electrons. The minimum absolute atomic E-state index is 0.0657. The van der Waals surface area contributed by atoms with Gasteiger partial charge in [0.25, 0.3) is 5.89 Å². The molecule has 33 heavy (non-hydrogen) atoms. The van der Waals surface area contributed by atoms with Crippen molar-refractivity contribution in [2.24, 2.45) is 0 Å². The second kappa shape index (κ2) is 8.40. The summed E-state index contributed by atoms with van der Waals surface area (Å²) in [5, 5.41) is 9.00. The molecule has 2 fully saturated rings. The Bertz CT molecular complexity index is 1150. The second-order valence-electron chi connectivity index (χ2n) is 9.70. The molecule has 176 valence electrons. The van der Waals surface area contributed by atoms with Crippen molar-refractivity contribution in [2.75, 3.05) is 26.3 Å². The van der Waals surface area contributed by atoms with E-state index in [-0.39, 0.29) is 29.8 Å². The number of aromatic nitrogens is 4. The molecule has 0 spiro atoms. The van der Waals surface area contributed by atoms with Gasteiger partial charge in [0.2, 0.25) is 0 Å². The SMILES string of the molecule is CC(C)(C)OC(=O)N1CCC(c2noc(-c3cc(F)c4cnn(C5CCOC5)c4c3)n2)CC1. The molecule has 1 atom stereocenters. The molecule has 1 aromatic carbocycles. The van der Waals surface area contributed by atoms with Crippen LogP contribution in [0.5, 0.6) is 0 Å². The quantitative estimate of drug-likeness (QED) is 0.579. The Kier molecular flexibility index (Phi) is 5.55. The highest BCUT2D eigenvalue weighted by Gasteiger charge is 2.30. The van der Waals surface area contributed by atoms with Gasteiger partial charge in [-0.05, 0) is 52.2 Å². The normalized spacial score (nSPS) is 20.0. The molecular formula is C23H28FN5O4. The van der Waals surface area contributed by atoms with E-state index in [1.54, 1.807) is 11.1 Å². The van der Waals surface area contributed by atoms with Gasteiger partial charge in [0.15, 0.2) is 5.82 Å². The summed E-state index contributed by atoms with van der Waals surface area (Å²) in [6, 6.07) is 3.33. The maximum atomic E-state index is 14.8. The topological polar surface area (TPSA) is 95.5 Å².